The average Bonchev–Trinajstić information content (AvgIpc) is 3.36. The van der Waals surface area contributed by atoms with Gasteiger partial charge in [0, 0.05) is 25.9 Å². The van der Waals surface area contributed by atoms with E-state index in [1.165, 1.54) is 19.3 Å². The van der Waals surface area contributed by atoms with E-state index < -0.39 is 21.5 Å². The van der Waals surface area contributed by atoms with Crippen LogP contribution in [0.15, 0.2) is 23.1 Å². The lowest BCUT2D eigenvalue weighted by molar-refractivity contribution is 0.109. The van der Waals surface area contributed by atoms with Crippen molar-refractivity contribution < 1.29 is 23.1 Å². The van der Waals surface area contributed by atoms with Crippen LogP contribution in [0.4, 0.5) is 10.5 Å². The SMILES string of the molecule is CO[C@@H]1CC[C@@H](S(=O)(=O)c2ccc(N3CCCCC3)cc2Cl)C1.N#CC1(NC(=O)O)CC1. The van der Waals surface area contributed by atoms with Crippen molar-refractivity contribution in [3.8, 4) is 6.07 Å². The number of nitrogens with zero attached hydrogens (tertiary/aromatic N) is 2. The highest BCUT2D eigenvalue weighted by Gasteiger charge is 2.44. The summed E-state index contributed by atoms with van der Waals surface area (Å²) < 4.78 is 31.0. The zero-order valence-corrected chi connectivity index (χ0v) is 19.8. The molecule has 3 fully saturated rings. The van der Waals surface area contributed by atoms with Crippen LogP contribution in [0.5, 0.6) is 0 Å². The normalized spacial score (nSPS) is 24.1. The molecule has 4 rings (SSSR count). The van der Waals surface area contributed by atoms with Crippen molar-refractivity contribution in [2.24, 2.45) is 0 Å². The fourth-order valence-corrected chi connectivity index (χ4v) is 6.60. The molecule has 2 aliphatic carbocycles. The Kier molecular flexibility index (Phi) is 7.91. The van der Waals surface area contributed by atoms with Crippen LogP contribution in [0.2, 0.25) is 5.02 Å². The Morgan fingerprint density at radius 3 is 2.44 bits per heavy atom. The number of nitrogens with one attached hydrogen (secondary N) is 1. The summed E-state index contributed by atoms with van der Waals surface area (Å²) in [6.45, 7) is 2.03. The van der Waals surface area contributed by atoms with Crippen LogP contribution in [0.3, 0.4) is 0 Å². The van der Waals surface area contributed by atoms with Crippen LogP contribution < -0.4 is 10.2 Å². The van der Waals surface area contributed by atoms with E-state index >= 15 is 0 Å². The number of methoxy groups -OCH3 is 1. The van der Waals surface area contributed by atoms with E-state index in [-0.39, 0.29) is 16.2 Å². The second-order valence-corrected chi connectivity index (χ2v) is 11.2. The van der Waals surface area contributed by atoms with Crippen LogP contribution in [-0.2, 0) is 14.6 Å². The van der Waals surface area contributed by atoms with Gasteiger partial charge in [-0.1, -0.05) is 11.6 Å². The van der Waals surface area contributed by atoms with Crippen molar-refractivity contribution in [1.82, 2.24) is 5.32 Å². The summed E-state index contributed by atoms with van der Waals surface area (Å²) in [4.78, 5) is 12.5. The molecule has 0 aromatic heterocycles. The van der Waals surface area contributed by atoms with Crippen LogP contribution in [0.1, 0.15) is 51.4 Å². The maximum Gasteiger partial charge on any atom is 0.405 e. The van der Waals surface area contributed by atoms with Gasteiger partial charge in [-0.05, 0) is 69.6 Å². The van der Waals surface area contributed by atoms with Gasteiger partial charge in [-0.25, -0.2) is 13.2 Å². The van der Waals surface area contributed by atoms with Gasteiger partial charge in [0.15, 0.2) is 9.84 Å². The molecule has 0 unspecified atom stereocenters. The predicted octanol–water partition coefficient (Wildman–Crippen LogP) is 3.98. The molecule has 10 heteroatoms. The summed E-state index contributed by atoms with van der Waals surface area (Å²) in [6.07, 6.45) is 5.84. The van der Waals surface area contributed by atoms with E-state index in [1.807, 2.05) is 18.2 Å². The second kappa shape index (κ2) is 10.3. The van der Waals surface area contributed by atoms with Gasteiger partial charge in [-0.3, -0.25) is 0 Å². The smallest absolute Gasteiger partial charge is 0.405 e. The van der Waals surface area contributed by atoms with Gasteiger partial charge >= 0.3 is 6.09 Å². The Bertz CT molecular complexity index is 968. The number of amides is 1. The van der Waals surface area contributed by atoms with Gasteiger partial charge in [-0.15, -0.1) is 0 Å². The highest BCUT2D eigenvalue weighted by Crippen LogP contribution is 2.36. The van der Waals surface area contributed by atoms with Gasteiger partial charge in [0.25, 0.3) is 0 Å². The molecule has 2 atom stereocenters. The lowest BCUT2D eigenvalue weighted by Crippen LogP contribution is -2.33. The van der Waals surface area contributed by atoms with Gasteiger partial charge in [0.1, 0.15) is 5.54 Å². The van der Waals surface area contributed by atoms with Gasteiger partial charge in [-0.2, -0.15) is 5.26 Å². The Labute approximate surface area is 194 Å². The number of piperidine rings is 1. The topological polar surface area (TPSA) is 120 Å². The standard InChI is InChI=1S/C17H24ClNO3S.C5H6N2O2/c1-22-14-6-7-15(12-14)23(20,21)17-8-5-13(11-16(17)18)19-9-3-2-4-10-19;6-3-5(1-2-5)7-4(8)9/h5,8,11,14-15H,2-4,6-7,9-10,12H2,1H3;7H,1-2H2,(H,8,9)/t14-,15-;/m1./s1. The molecule has 1 aliphatic heterocycles. The molecular formula is C22H30ClN3O5S. The van der Waals surface area contributed by atoms with E-state index in [0.717, 1.165) is 25.2 Å². The van der Waals surface area contributed by atoms with E-state index in [1.54, 1.807) is 13.2 Å². The van der Waals surface area contributed by atoms with Gasteiger partial charge in [0.2, 0.25) is 0 Å². The number of hydrogen-bond donors (Lipinski definition) is 2. The molecule has 176 valence electrons. The quantitative estimate of drug-likeness (QED) is 0.649. The van der Waals surface area contributed by atoms with Crippen LogP contribution in [0.25, 0.3) is 0 Å². The lowest BCUT2D eigenvalue weighted by atomic mass is 10.1. The number of halogens is 1. The first-order valence-electron chi connectivity index (χ1n) is 10.9. The predicted molar refractivity (Wildman–Crippen MR) is 122 cm³/mol. The number of sulfone groups is 1. The minimum absolute atomic E-state index is 0.0428. The minimum Gasteiger partial charge on any atom is -0.465 e. The molecule has 8 nitrogen and oxygen atoms in total. The highest BCUT2D eigenvalue weighted by molar-refractivity contribution is 7.92. The minimum atomic E-state index is -3.39. The largest absolute Gasteiger partial charge is 0.465 e. The molecule has 32 heavy (non-hydrogen) atoms. The fraction of sp³-hybridized carbons (Fsp3) is 0.636. The third-order valence-electron chi connectivity index (χ3n) is 6.36. The van der Waals surface area contributed by atoms with Crippen molar-refractivity contribution in [2.45, 2.75) is 73.2 Å². The maximum atomic E-state index is 12.9. The first-order valence-corrected chi connectivity index (χ1v) is 12.9. The summed E-state index contributed by atoms with van der Waals surface area (Å²) in [5.74, 6) is 0. The Hall–Kier alpha value is -2.02. The van der Waals surface area contributed by atoms with E-state index in [9.17, 15) is 13.2 Å². The molecule has 1 heterocycles. The van der Waals surface area contributed by atoms with Crippen molar-refractivity contribution >= 4 is 33.2 Å². The van der Waals surface area contributed by atoms with Crippen LogP contribution >= 0.6 is 11.6 Å². The summed E-state index contributed by atoms with van der Waals surface area (Å²) in [5, 5.41) is 18.6. The first-order chi connectivity index (χ1) is 15.2. The molecule has 3 aliphatic rings. The Balaban J connectivity index is 0.000000269. The van der Waals surface area contributed by atoms with Gasteiger partial charge in [0.05, 0.1) is 27.3 Å². The number of ether oxygens (including phenoxy) is 1. The monoisotopic (exact) mass is 483 g/mol. The van der Waals surface area contributed by atoms with Crippen molar-refractivity contribution in [2.75, 3.05) is 25.1 Å². The van der Waals surface area contributed by atoms with Gasteiger partial charge < -0.3 is 20.1 Å². The highest BCUT2D eigenvalue weighted by atomic mass is 35.5. The summed E-state index contributed by atoms with van der Waals surface area (Å²) in [6, 6.07) is 7.28. The van der Waals surface area contributed by atoms with E-state index in [0.29, 0.717) is 30.7 Å². The molecule has 1 aromatic rings. The molecule has 1 amide bonds. The zero-order chi connectivity index (χ0) is 23.4. The third-order valence-corrected chi connectivity index (χ3v) is 9.06. The Morgan fingerprint density at radius 1 is 1.28 bits per heavy atom. The number of carbonyl (C=O) groups is 1. The summed E-state index contributed by atoms with van der Waals surface area (Å²) >= 11 is 6.34. The van der Waals surface area contributed by atoms with E-state index in [4.69, 9.17) is 26.7 Å². The molecule has 0 radical (unpaired) electrons. The molecule has 2 saturated carbocycles. The molecule has 0 spiro atoms. The molecular weight excluding hydrogens is 454 g/mol. The molecule has 0 bridgehead atoms. The van der Waals surface area contributed by atoms with Crippen molar-refractivity contribution in [1.29, 1.82) is 5.26 Å². The Morgan fingerprint density at radius 2 is 1.97 bits per heavy atom. The first kappa shape index (κ1) is 24.6. The number of anilines is 1. The summed E-state index contributed by atoms with van der Waals surface area (Å²) in [5.41, 5.74) is 0.293. The van der Waals surface area contributed by atoms with Crippen LogP contribution in [-0.4, -0.2) is 56.7 Å². The number of rotatable bonds is 5. The van der Waals surface area contributed by atoms with Crippen molar-refractivity contribution in [3.63, 3.8) is 0 Å². The second-order valence-electron chi connectivity index (χ2n) is 8.62. The van der Waals surface area contributed by atoms with E-state index in [2.05, 4.69) is 10.2 Å². The average molecular weight is 484 g/mol. The zero-order valence-electron chi connectivity index (χ0n) is 18.2. The lowest BCUT2D eigenvalue weighted by Gasteiger charge is -2.29. The number of benzene rings is 1. The van der Waals surface area contributed by atoms with Crippen LogP contribution in [0, 0.1) is 11.3 Å². The van der Waals surface area contributed by atoms with Crippen molar-refractivity contribution in [3.05, 3.63) is 23.2 Å². The maximum absolute atomic E-state index is 12.9. The number of hydrogen-bond acceptors (Lipinski definition) is 6. The summed E-state index contributed by atoms with van der Waals surface area (Å²) in [7, 11) is -1.75. The molecule has 1 saturated heterocycles. The molecule has 1 aromatic carbocycles. The number of nitriles is 1. The number of carboxylic acid groups (broad SMARTS) is 1. The third kappa shape index (κ3) is 5.85. The molecule has 2 N–H and O–H groups in total. The fourth-order valence-electron chi connectivity index (χ4n) is 4.24.